The van der Waals surface area contributed by atoms with Gasteiger partial charge in [-0.1, -0.05) is 6.07 Å². The summed E-state index contributed by atoms with van der Waals surface area (Å²) in [4.78, 5) is 19.4. The normalized spacial score (nSPS) is 11.4. The molecule has 0 aliphatic heterocycles. The van der Waals surface area contributed by atoms with Crippen LogP contribution < -0.4 is 15.4 Å². The summed E-state index contributed by atoms with van der Waals surface area (Å²) in [5.74, 6) is -0.323. The Morgan fingerprint density at radius 2 is 1.94 bits per heavy atom. The van der Waals surface area contributed by atoms with E-state index in [2.05, 4.69) is 20.6 Å². The Bertz CT molecular complexity index is 1070. The Morgan fingerprint density at radius 1 is 1.09 bits per heavy atom. The highest BCUT2D eigenvalue weighted by Gasteiger charge is 2.30. The molecule has 0 spiro atoms. The number of benzene rings is 1. The van der Waals surface area contributed by atoms with Crippen molar-refractivity contribution in [3.63, 3.8) is 0 Å². The molecule has 0 bridgehead atoms. The number of carbonyl (C=O) groups is 1. The minimum Gasteiger partial charge on any atom is -0.453 e. The molecule has 6 nitrogen and oxygen atoms in total. The third kappa shape index (κ3) is 6.79. The number of anilines is 1. The monoisotopic (exact) mass is 446 g/mol. The molecule has 0 saturated carbocycles. The van der Waals surface area contributed by atoms with E-state index in [9.17, 15) is 22.4 Å². The molecule has 2 heterocycles. The summed E-state index contributed by atoms with van der Waals surface area (Å²) >= 11 is 0. The van der Waals surface area contributed by atoms with Crippen LogP contribution in [0.3, 0.4) is 0 Å². The molecule has 0 radical (unpaired) electrons. The summed E-state index contributed by atoms with van der Waals surface area (Å²) in [7, 11) is 0. The van der Waals surface area contributed by atoms with Crippen LogP contribution in [-0.4, -0.2) is 29.0 Å². The van der Waals surface area contributed by atoms with Gasteiger partial charge < -0.3 is 15.4 Å². The maximum absolute atomic E-state index is 14.2. The number of ether oxygens (including phenoxy) is 1. The lowest BCUT2D eigenvalue weighted by Crippen LogP contribution is -2.27. The second-order valence-corrected chi connectivity index (χ2v) is 6.46. The maximum Gasteiger partial charge on any atom is 0.417 e. The van der Waals surface area contributed by atoms with E-state index < -0.39 is 23.5 Å². The fourth-order valence-electron chi connectivity index (χ4n) is 2.51. The first-order chi connectivity index (χ1) is 15.3. The van der Waals surface area contributed by atoms with Crippen molar-refractivity contribution < 1.29 is 27.1 Å². The topological polar surface area (TPSA) is 76.1 Å². The quantitative estimate of drug-likeness (QED) is 0.299. The number of alkyl halides is 3. The summed E-state index contributed by atoms with van der Waals surface area (Å²) < 4.78 is 57.1. The second-order valence-electron chi connectivity index (χ2n) is 6.46. The molecule has 10 heteroatoms. The smallest absolute Gasteiger partial charge is 0.417 e. The van der Waals surface area contributed by atoms with E-state index in [1.54, 1.807) is 24.4 Å². The number of nitrogens with one attached hydrogen (secondary N) is 2. The van der Waals surface area contributed by atoms with Crippen LogP contribution in [0, 0.1) is 5.82 Å². The van der Waals surface area contributed by atoms with Gasteiger partial charge in [-0.2, -0.15) is 13.2 Å². The first kappa shape index (κ1) is 22.7. The van der Waals surface area contributed by atoms with E-state index in [1.165, 1.54) is 36.5 Å². The molecular weight excluding hydrogens is 428 g/mol. The zero-order valence-corrected chi connectivity index (χ0v) is 16.6. The molecule has 2 aromatic heterocycles. The minimum atomic E-state index is -4.44. The lowest BCUT2D eigenvalue weighted by atomic mass is 10.2. The highest BCUT2D eigenvalue weighted by atomic mass is 19.4. The third-order valence-electron chi connectivity index (χ3n) is 4.07. The SMILES string of the molecule is O=C(/C=C/c1ccc(Oc2cccnc2)c(F)c1)NCCNc1ccc(C(F)(F)F)cn1. The summed E-state index contributed by atoms with van der Waals surface area (Å²) in [5, 5.41) is 5.40. The predicted molar refractivity (Wildman–Crippen MR) is 110 cm³/mol. The minimum absolute atomic E-state index is 0.0301. The van der Waals surface area contributed by atoms with Crippen molar-refractivity contribution >= 4 is 17.8 Å². The summed E-state index contributed by atoms with van der Waals surface area (Å²) in [6, 6.07) is 9.71. The summed E-state index contributed by atoms with van der Waals surface area (Å²) in [6.07, 6.45) is 2.01. The van der Waals surface area contributed by atoms with Crippen LogP contribution >= 0.6 is 0 Å². The number of amides is 1. The van der Waals surface area contributed by atoms with Crippen molar-refractivity contribution in [3.05, 3.63) is 84.1 Å². The van der Waals surface area contributed by atoms with Crippen molar-refractivity contribution in [2.45, 2.75) is 6.18 Å². The Balaban J connectivity index is 1.43. The number of halogens is 4. The molecule has 2 N–H and O–H groups in total. The first-order valence-corrected chi connectivity index (χ1v) is 9.42. The Labute approximate surface area is 181 Å². The second kappa shape index (κ2) is 10.4. The molecule has 0 aliphatic rings. The molecule has 0 atom stereocenters. The third-order valence-corrected chi connectivity index (χ3v) is 4.07. The summed E-state index contributed by atoms with van der Waals surface area (Å²) in [6.45, 7) is 0.463. The van der Waals surface area contributed by atoms with Gasteiger partial charge in [0.05, 0.1) is 11.8 Å². The van der Waals surface area contributed by atoms with Gasteiger partial charge in [0.25, 0.3) is 0 Å². The zero-order chi connectivity index (χ0) is 23.0. The number of nitrogens with zero attached hydrogens (tertiary/aromatic N) is 2. The van der Waals surface area contributed by atoms with Crippen molar-refractivity contribution in [3.8, 4) is 11.5 Å². The maximum atomic E-state index is 14.2. The van der Waals surface area contributed by atoms with Crippen LogP contribution in [0.1, 0.15) is 11.1 Å². The van der Waals surface area contributed by atoms with Crippen LogP contribution in [0.4, 0.5) is 23.4 Å². The van der Waals surface area contributed by atoms with Crippen LogP contribution in [0.5, 0.6) is 11.5 Å². The van der Waals surface area contributed by atoms with Gasteiger partial charge in [0.15, 0.2) is 11.6 Å². The fraction of sp³-hybridized carbons (Fsp3) is 0.136. The first-order valence-electron chi connectivity index (χ1n) is 9.42. The van der Waals surface area contributed by atoms with E-state index >= 15 is 0 Å². The van der Waals surface area contributed by atoms with Crippen LogP contribution in [-0.2, 0) is 11.0 Å². The molecule has 1 amide bonds. The summed E-state index contributed by atoms with van der Waals surface area (Å²) in [5.41, 5.74) is -0.377. The largest absolute Gasteiger partial charge is 0.453 e. The average Bonchev–Trinajstić information content (AvgIpc) is 2.77. The highest BCUT2D eigenvalue weighted by Crippen LogP contribution is 2.28. The molecular formula is C22H18F4N4O2. The Kier molecular flexibility index (Phi) is 7.37. The lowest BCUT2D eigenvalue weighted by Gasteiger charge is -2.09. The molecule has 32 heavy (non-hydrogen) atoms. The Morgan fingerprint density at radius 3 is 2.59 bits per heavy atom. The highest BCUT2D eigenvalue weighted by molar-refractivity contribution is 5.91. The van der Waals surface area contributed by atoms with Gasteiger partial charge >= 0.3 is 6.18 Å². The standard InChI is InChI=1S/C22H18F4N4O2/c23-18-12-15(3-6-19(18)32-17-2-1-9-27-14-17)4-8-21(31)29-11-10-28-20-7-5-16(13-30-20)22(24,25)26/h1-9,12-14H,10-11H2,(H,28,30)(H,29,31)/b8-4+. The van der Waals surface area contributed by atoms with Crippen molar-refractivity contribution in [1.29, 1.82) is 0 Å². The van der Waals surface area contributed by atoms with E-state index in [4.69, 9.17) is 4.74 Å². The van der Waals surface area contributed by atoms with E-state index in [1.807, 2.05) is 0 Å². The molecule has 0 unspecified atom stereocenters. The average molecular weight is 446 g/mol. The van der Waals surface area contributed by atoms with Gasteiger partial charge in [-0.3, -0.25) is 9.78 Å². The van der Waals surface area contributed by atoms with Gasteiger partial charge in [0.2, 0.25) is 5.91 Å². The zero-order valence-electron chi connectivity index (χ0n) is 16.6. The molecule has 0 aliphatic carbocycles. The van der Waals surface area contributed by atoms with Crippen molar-refractivity contribution in [1.82, 2.24) is 15.3 Å². The molecule has 166 valence electrons. The number of rotatable bonds is 8. The van der Waals surface area contributed by atoms with Crippen LogP contribution in [0.2, 0.25) is 0 Å². The molecule has 0 fully saturated rings. The van der Waals surface area contributed by atoms with Gasteiger partial charge in [0, 0.05) is 31.6 Å². The predicted octanol–water partition coefficient (Wildman–Crippen LogP) is 4.67. The van der Waals surface area contributed by atoms with E-state index in [0.717, 1.165) is 12.3 Å². The number of hydrogen-bond donors (Lipinski definition) is 2. The van der Waals surface area contributed by atoms with Gasteiger partial charge in [-0.15, -0.1) is 0 Å². The number of pyridine rings is 2. The van der Waals surface area contributed by atoms with Gasteiger partial charge in [-0.05, 0) is 48.0 Å². The lowest BCUT2D eigenvalue weighted by molar-refractivity contribution is -0.137. The van der Waals surface area contributed by atoms with Gasteiger partial charge in [-0.25, -0.2) is 9.37 Å². The van der Waals surface area contributed by atoms with E-state index in [-0.39, 0.29) is 24.7 Å². The number of hydrogen-bond acceptors (Lipinski definition) is 5. The van der Waals surface area contributed by atoms with Crippen molar-refractivity contribution in [2.75, 3.05) is 18.4 Å². The molecule has 3 aromatic rings. The van der Waals surface area contributed by atoms with E-state index in [0.29, 0.717) is 11.3 Å². The number of aromatic nitrogens is 2. The van der Waals surface area contributed by atoms with Gasteiger partial charge in [0.1, 0.15) is 11.6 Å². The molecule has 0 saturated heterocycles. The number of carbonyl (C=O) groups excluding carboxylic acids is 1. The Hall–Kier alpha value is -3.95. The van der Waals surface area contributed by atoms with Crippen molar-refractivity contribution in [2.24, 2.45) is 0 Å². The molecule has 1 aromatic carbocycles. The van der Waals surface area contributed by atoms with Crippen LogP contribution in [0.15, 0.2) is 67.1 Å². The fourth-order valence-corrected chi connectivity index (χ4v) is 2.51. The van der Waals surface area contributed by atoms with Crippen LogP contribution in [0.25, 0.3) is 6.08 Å². The molecule has 3 rings (SSSR count).